The number of amides is 4. The van der Waals surface area contributed by atoms with Crippen LogP contribution < -0.4 is 27.8 Å². The molecule has 2 aromatic carbocycles. The molecule has 0 aliphatic carbocycles. The average molecular weight is 699 g/mol. The summed E-state index contributed by atoms with van der Waals surface area (Å²) in [6.07, 6.45) is -1.36. The molecule has 0 heterocycles. The fourth-order valence-electron chi connectivity index (χ4n) is 3.90. The molecule has 0 aromatic heterocycles. The first-order valence-electron chi connectivity index (χ1n) is 13.0. The van der Waals surface area contributed by atoms with Crippen molar-refractivity contribution in [3.05, 3.63) is 70.8 Å². The third kappa shape index (κ3) is 9.90. The van der Waals surface area contributed by atoms with Crippen molar-refractivity contribution in [2.75, 3.05) is 0 Å². The molecular formula is C25H31F4N5O10P2. The van der Waals surface area contributed by atoms with Crippen LogP contribution in [0.4, 0.5) is 17.6 Å². The summed E-state index contributed by atoms with van der Waals surface area (Å²) in [4.78, 5) is 84.9. The highest BCUT2D eigenvalue weighted by Gasteiger charge is 2.51. The number of nitrogens with two attached hydrogens (primary N) is 3. The monoisotopic (exact) mass is 699 g/mol. The van der Waals surface area contributed by atoms with E-state index in [1.54, 1.807) is 0 Å². The number of nitrogens with one attached hydrogen (secondary N) is 2. The van der Waals surface area contributed by atoms with Crippen LogP contribution in [0.15, 0.2) is 48.5 Å². The zero-order chi connectivity index (χ0) is 35.3. The van der Waals surface area contributed by atoms with Gasteiger partial charge in [-0.3, -0.25) is 28.3 Å². The first-order valence-corrected chi connectivity index (χ1v) is 16.2. The van der Waals surface area contributed by atoms with Gasteiger partial charge in [0.15, 0.2) is 0 Å². The van der Waals surface area contributed by atoms with E-state index >= 15 is 0 Å². The Hall–Kier alpha value is -3.70. The molecule has 2 aromatic rings. The Labute approximate surface area is 258 Å². The molecule has 3 atom stereocenters. The van der Waals surface area contributed by atoms with E-state index < -0.39 is 92.2 Å². The van der Waals surface area contributed by atoms with E-state index in [1.807, 2.05) is 0 Å². The van der Waals surface area contributed by atoms with Crippen molar-refractivity contribution in [2.24, 2.45) is 17.2 Å². The highest BCUT2D eigenvalue weighted by molar-refractivity contribution is 7.52. The summed E-state index contributed by atoms with van der Waals surface area (Å²) < 4.78 is 78.4. The number of hydrogen-bond acceptors (Lipinski definition) is 7. The van der Waals surface area contributed by atoms with Crippen LogP contribution in [0.3, 0.4) is 0 Å². The second-order valence-corrected chi connectivity index (χ2v) is 13.4. The Morgan fingerprint density at radius 1 is 0.696 bits per heavy atom. The molecule has 3 unspecified atom stereocenters. The molecule has 0 radical (unpaired) electrons. The van der Waals surface area contributed by atoms with Gasteiger partial charge in [-0.1, -0.05) is 48.5 Å². The fourth-order valence-corrected chi connectivity index (χ4v) is 4.87. The molecule has 0 fully saturated rings. The van der Waals surface area contributed by atoms with E-state index in [4.69, 9.17) is 36.8 Å². The maximum Gasteiger partial charge on any atom is 0.399 e. The molecule has 0 saturated heterocycles. The van der Waals surface area contributed by atoms with E-state index in [0.717, 1.165) is 24.3 Å². The molecule has 0 aliphatic rings. The lowest BCUT2D eigenvalue weighted by Gasteiger charge is -2.24. The van der Waals surface area contributed by atoms with Crippen molar-refractivity contribution >= 4 is 38.8 Å². The van der Waals surface area contributed by atoms with Gasteiger partial charge >= 0.3 is 26.5 Å². The van der Waals surface area contributed by atoms with Crippen molar-refractivity contribution in [1.29, 1.82) is 0 Å². The molecule has 254 valence electrons. The molecule has 0 spiro atoms. The number of benzene rings is 2. The largest absolute Gasteiger partial charge is 0.399 e. The number of primary amides is 2. The van der Waals surface area contributed by atoms with E-state index in [2.05, 4.69) is 10.6 Å². The minimum Gasteiger partial charge on any atom is -0.370 e. The number of carbonyl (C=O) groups is 4. The molecule has 0 saturated carbocycles. The van der Waals surface area contributed by atoms with Crippen molar-refractivity contribution in [2.45, 2.75) is 55.1 Å². The SMILES string of the molecule is NC(=O)CCC(N)C(=O)NC(Cc1ccc(C(F)(F)P(=O)(O)O)cc1)C(=O)NC(Cc1ccc(C(F)(F)P(=O)(O)O)cc1)C(N)=O. The first-order chi connectivity index (χ1) is 21.0. The number of halogens is 4. The lowest BCUT2D eigenvalue weighted by molar-refractivity contribution is -0.131. The summed E-state index contributed by atoms with van der Waals surface area (Å²) in [6, 6.07) is 2.33. The molecule has 21 heteroatoms. The van der Waals surface area contributed by atoms with Crippen molar-refractivity contribution in [1.82, 2.24) is 10.6 Å². The number of hydrogen-bond donors (Lipinski definition) is 9. The van der Waals surface area contributed by atoms with Gasteiger partial charge in [-0.25, -0.2) is 0 Å². The Bertz CT molecular complexity index is 1530. The van der Waals surface area contributed by atoms with Gasteiger partial charge in [0.2, 0.25) is 23.6 Å². The van der Waals surface area contributed by atoms with Crippen LogP contribution in [-0.2, 0) is 52.5 Å². The van der Waals surface area contributed by atoms with Gasteiger partial charge in [-0.15, -0.1) is 0 Å². The Morgan fingerprint density at radius 3 is 1.41 bits per heavy atom. The molecule has 15 nitrogen and oxygen atoms in total. The van der Waals surface area contributed by atoms with Gasteiger partial charge in [-0.05, 0) is 17.5 Å². The Kier molecular flexibility index (Phi) is 12.4. The third-order valence-corrected chi connectivity index (χ3v) is 8.52. The predicted octanol–water partition coefficient (Wildman–Crippen LogP) is -0.0265. The summed E-state index contributed by atoms with van der Waals surface area (Å²) in [7, 11) is -11.7. The van der Waals surface area contributed by atoms with Gasteiger partial charge in [-0.2, -0.15) is 17.6 Å². The molecule has 0 aliphatic heterocycles. The van der Waals surface area contributed by atoms with Crippen LogP contribution in [-0.4, -0.2) is 61.3 Å². The second kappa shape index (κ2) is 14.8. The molecular weight excluding hydrogens is 668 g/mol. The van der Waals surface area contributed by atoms with Gasteiger partial charge in [0.05, 0.1) is 6.04 Å². The van der Waals surface area contributed by atoms with Gasteiger partial charge in [0, 0.05) is 30.4 Å². The lowest BCUT2D eigenvalue weighted by Crippen LogP contribution is -2.56. The average Bonchev–Trinajstić information content (AvgIpc) is 2.94. The number of rotatable bonds is 16. The number of alkyl halides is 4. The first kappa shape index (κ1) is 38.5. The smallest absolute Gasteiger partial charge is 0.370 e. The number of carbonyl (C=O) groups excluding carboxylic acids is 4. The summed E-state index contributed by atoms with van der Waals surface area (Å²) in [6.45, 7) is 0. The minimum absolute atomic E-state index is 0.0913. The van der Waals surface area contributed by atoms with Crippen molar-refractivity contribution < 1.29 is 65.4 Å². The van der Waals surface area contributed by atoms with E-state index in [-0.39, 0.29) is 24.0 Å². The van der Waals surface area contributed by atoms with Gasteiger partial charge in [0.25, 0.3) is 0 Å². The summed E-state index contributed by atoms with van der Waals surface area (Å²) in [5, 5.41) is 4.56. The normalized spacial score (nSPS) is 14.5. The van der Waals surface area contributed by atoms with Crippen LogP contribution in [0.1, 0.15) is 35.1 Å². The van der Waals surface area contributed by atoms with Crippen LogP contribution in [0.25, 0.3) is 0 Å². The van der Waals surface area contributed by atoms with Gasteiger partial charge < -0.3 is 47.4 Å². The highest BCUT2D eigenvalue weighted by Crippen LogP contribution is 2.60. The fraction of sp³-hybridized carbons (Fsp3) is 0.360. The predicted molar refractivity (Wildman–Crippen MR) is 152 cm³/mol. The molecule has 46 heavy (non-hydrogen) atoms. The van der Waals surface area contributed by atoms with Crippen molar-refractivity contribution in [3.8, 4) is 0 Å². The third-order valence-electron chi connectivity index (χ3n) is 6.55. The summed E-state index contributed by atoms with van der Waals surface area (Å²) in [5.41, 5.74) is 5.30. The molecule has 4 amide bonds. The molecule has 12 N–H and O–H groups in total. The van der Waals surface area contributed by atoms with Gasteiger partial charge in [0.1, 0.15) is 12.1 Å². The van der Waals surface area contributed by atoms with Crippen LogP contribution in [0.2, 0.25) is 0 Å². The zero-order valence-electron chi connectivity index (χ0n) is 23.6. The van der Waals surface area contributed by atoms with Crippen LogP contribution in [0.5, 0.6) is 0 Å². The van der Waals surface area contributed by atoms with Crippen LogP contribution in [0, 0.1) is 0 Å². The summed E-state index contributed by atoms with van der Waals surface area (Å²) >= 11 is 0. The van der Waals surface area contributed by atoms with Crippen LogP contribution >= 0.6 is 15.2 Å². The topological polar surface area (TPSA) is 285 Å². The maximum atomic E-state index is 14.1. The Morgan fingerprint density at radius 2 is 1.07 bits per heavy atom. The zero-order valence-corrected chi connectivity index (χ0v) is 25.3. The summed E-state index contributed by atoms with van der Waals surface area (Å²) in [5.74, 6) is -3.91. The Balaban J connectivity index is 2.32. The quantitative estimate of drug-likeness (QED) is 0.0829. The van der Waals surface area contributed by atoms with Crippen molar-refractivity contribution in [3.63, 3.8) is 0 Å². The van der Waals surface area contributed by atoms with E-state index in [9.17, 15) is 45.9 Å². The molecule has 0 bridgehead atoms. The maximum absolute atomic E-state index is 14.1. The second-order valence-electron chi connectivity index (χ2n) is 10.1. The standard InChI is InChI=1S/C25H31F4N5O10P2/c26-24(27,45(39,40)41)15-5-1-13(2-6-15)11-18(21(32)36)33-23(38)19(34-22(37)17(30)9-10-20(31)35)12-14-3-7-16(8-4-14)25(28,29)46(42,43)44/h1-8,17-19H,9-12,30H2,(H2,31,35)(H2,32,36)(H,33,38)(H,34,37)(H2,39,40,41)(H2,42,43,44). The highest BCUT2D eigenvalue weighted by atomic mass is 31.2. The van der Waals surface area contributed by atoms with E-state index in [0.29, 0.717) is 24.3 Å². The lowest BCUT2D eigenvalue weighted by atomic mass is 10.0. The molecule has 2 rings (SSSR count). The van der Waals surface area contributed by atoms with E-state index in [1.165, 1.54) is 0 Å². The minimum atomic E-state index is -5.88.